The van der Waals surface area contributed by atoms with Gasteiger partial charge in [0.1, 0.15) is 22.4 Å². The van der Waals surface area contributed by atoms with Crippen molar-refractivity contribution in [1.29, 1.82) is 0 Å². The molecule has 2 aliphatic heterocycles. The Hall–Kier alpha value is -2.41. The summed E-state index contributed by atoms with van der Waals surface area (Å²) in [6.07, 6.45) is 0.580. The Labute approximate surface area is 168 Å². The van der Waals surface area contributed by atoms with Crippen LogP contribution in [0.5, 0.6) is 0 Å². The van der Waals surface area contributed by atoms with E-state index in [1.807, 2.05) is 20.8 Å². The number of carbonyl (C=O) groups excluding carboxylic acids is 1. The molecule has 2 saturated heterocycles. The van der Waals surface area contributed by atoms with Gasteiger partial charge in [-0.3, -0.25) is 0 Å². The van der Waals surface area contributed by atoms with E-state index in [1.165, 1.54) is 12.1 Å². The molecule has 2 aromatic rings. The van der Waals surface area contributed by atoms with Crippen molar-refractivity contribution in [1.82, 2.24) is 14.9 Å². The van der Waals surface area contributed by atoms with Crippen molar-refractivity contribution in [2.24, 2.45) is 0 Å². The number of halogens is 2. The van der Waals surface area contributed by atoms with Gasteiger partial charge < -0.3 is 14.5 Å². The van der Waals surface area contributed by atoms with Gasteiger partial charge in [0.05, 0.1) is 12.1 Å². The minimum atomic E-state index is -0.515. The zero-order valence-electron chi connectivity index (χ0n) is 16.0. The Bertz CT molecular complexity index is 917. The van der Waals surface area contributed by atoms with E-state index < -0.39 is 5.60 Å². The van der Waals surface area contributed by atoms with Gasteiger partial charge in [-0.2, -0.15) is 0 Å². The largest absolute Gasteiger partial charge is 0.444 e. The second-order valence-corrected chi connectivity index (χ2v) is 8.60. The summed E-state index contributed by atoms with van der Waals surface area (Å²) < 4.78 is 19.1. The summed E-state index contributed by atoms with van der Waals surface area (Å²) in [5, 5.41) is 0.302. The number of aromatic nitrogens is 2. The minimum absolute atomic E-state index is 0.0752. The first-order valence-corrected chi connectivity index (χ1v) is 9.64. The molecule has 4 rings (SSSR count). The Morgan fingerprint density at radius 3 is 2.64 bits per heavy atom. The number of ether oxygens (including phenoxy) is 1. The first-order valence-electron chi connectivity index (χ1n) is 9.26. The molecular weight excluding hydrogens is 383 g/mol. The highest BCUT2D eigenvalue weighted by atomic mass is 35.5. The number of nitrogens with zero attached hydrogens (tertiary/aromatic N) is 4. The second kappa shape index (κ2) is 6.88. The maximum absolute atomic E-state index is 13.6. The topological polar surface area (TPSA) is 58.6 Å². The molecule has 1 amide bonds. The van der Waals surface area contributed by atoms with Crippen molar-refractivity contribution in [3.63, 3.8) is 0 Å². The third-order valence-corrected chi connectivity index (χ3v) is 5.12. The molecular formula is C20H22ClFN4O2. The highest BCUT2D eigenvalue weighted by molar-refractivity contribution is 6.29. The molecule has 0 N–H and O–H groups in total. The van der Waals surface area contributed by atoms with Crippen LogP contribution in [0, 0.1) is 5.82 Å². The third-order valence-electron chi connectivity index (χ3n) is 4.93. The highest BCUT2D eigenvalue weighted by Gasteiger charge is 2.47. The molecule has 0 spiro atoms. The van der Waals surface area contributed by atoms with Gasteiger partial charge in [0.15, 0.2) is 5.82 Å². The summed E-state index contributed by atoms with van der Waals surface area (Å²) >= 11 is 6.22. The van der Waals surface area contributed by atoms with Crippen LogP contribution in [0.25, 0.3) is 11.4 Å². The molecule has 2 aliphatic rings. The van der Waals surface area contributed by atoms with Crippen molar-refractivity contribution < 1.29 is 13.9 Å². The van der Waals surface area contributed by atoms with Crippen LogP contribution < -0.4 is 4.90 Å². The fraction of sp³-hybridized carbons (Fsp3) is 0.450. The van der Waals surface area contributed by atoms with Gasteiger partial charge in [-0.1, -0.05) is 23.7 Å². The lowest BCUT2D eigenvalue weighted by molar-refractivity contribution is 0.0214. The fourth-order valence-electron chi connectivity index (χ4n) is 3.80. The summed E-state index contributed by atoms with van der Waals surface area (Å²) in [5.74, 6) is 0.722. The maximum atomic E-state index is 13.6. The standard InChI is InChI=1S/C20H22ClFN4O2/c1-20(2,3)28-19(27)26-11-14-8-15(26)10-25(14)17-9-16(21)23-18(24-17)12-5-4-6-13(22)7-12/h4-7,9,14-15H,8,10-11H2,1-3H3/t14-,15-/m0/s1. The first kappa shape index (κ1) is 18.9. The number of likely N-dealkylation sites (tertiary alicyclic amines) is 1. The summed E-state index contributed by atoms with van der Waals surface area (Å²) in [5.41, 5.74) is 0.0574. The van der Waals surface area contributed by atoms with Gasteiger partial charge in [0.2, 0.25) is 0 Å². The number of carbonyl (C=O) groups is 1. The number of piperazine rings is 1. The molecule has 28 heavy (non-hydrogen) atoms. The lowest BCUT2D eigenvalue weighted by Crippen LogP contribution is -2.50. The number of hydrogen-bond acceptors (Lipinski definition) is 5. The van der Waals surface area contributed by atoms with Crippen LogP contribution in [0.3, 0.4) is 0 Å². The molecule has 2 bridgehead atoms. The predicted octanol–water partition coefficient (Wildman–Crippen LogP) is 4.13. The molecule has 0 unspecified atom stereocenters. The number of fused-ring (bicyclic) bond motifs is 2. The van der Waals surface area contributed by atoms with E-state index in [0.717, 1.165) is 6.42 Å². The van der Waals surface area contributed by atoms with E-state index in [4.69, 9.17) is 16.3 Å². The van der Waals surface area contributed by atoms with Crippen molar-refractivity contribution in [2.45, 2.75) is 44.9 Å². The Morgan fingerprint density at radius 1 is 1.21 bits per heavy atom. The molecule has 2 fully saturated rings. The van der Waals surface area contributed by atoms with Crippen LogP contribution in [0.15, 0.2) is 30.3 Å². The molecule has 148 valence electrons. The lowest BCUT2D eigenvalue weighted by Gasteiger charge is -2.35. The third kappa shape index (κ3) is 3.76. The van der Waals surface area contributed by atoms with Gasteiger partial charge in [-0.15, -0.1) is 0 Å². The van der Waals surface area contributed by atoms with Gasteiger partial charge in [-0.25, -0.2) is 19.2 Å². The Kier molecular flexibility index (Phi) is 4.65. The zero-order chi connectivity index (χ0) is 20.1. The van der Waals surface area contributed by atoms with Crippen LogP contribution in [-0.4, -0.2) is 51.7 Å². The van der Waals surface area contributed by atoms with Gasteiger partial charge in [0.25, 0.3) is 0 Å². The average Bonchev–Trinajstić information content (AvgIpc) is 3.20. The van der Waals surface area contributed by atoms with E-state index >= 15 is 0 Å². The SMILES string of the molecule is CC(C)(C)OC(=O)N1C[C@@H]2C[C@H]1CN2c1cc(Cl)nc(-c2cccc(F)c2)n1. The van der Waals surface area contributed by atoms with Crippen molar-refractivity contribution in [3.05, 3.63) is 41.3 Å². The molecule has 2 atom stereocenters. The molecule has 3 heterocycles. The molecule has 6 nitrogen and oxygen atoms in total. The van der Waals surface area contributed by atoms with Crippen molar-refractivity contribution in [3.8, 4) is 11.4 Å². The van der Waals surface area contributed by atoms with Crippen LogP contribution in [0.4, 0.5) is 15.0 Å². The van der Waals surface area contributed by atoms with E-state index in [1.54, 1.807) is 23.1 Å². The summed E-state index contributed by atoms with van der Waals surface area (Å²) in [4.78, 5) is 25.2. The molecule has 8 heteroatoms. The maximum Gasteiger partial charge on any atom is 0.410 e. The quantitative estimate of drug-likeness (QED) is 0.704. The van der Waals surface area contributed by atoms with E-state index in [0.29, 0.717) is 35.4 Å². The minimum Gasteiger partial charge on any atom is -0.444 e. The zero-order valence-corrected chi connectivity index (χ0v) is 16.8. The Balaban J connectivity index is 1.54. The van der Waals surface area contributed by atoms with Crippen LogP contribution >= 0.6 is 11.6 Å². The van der Waals surface area contributed by atoms with E-state index in [2.05, 4.69) is 14.9 Å². The van der Waals surface area contributed by atoms with Crippen LogP contribution in [0.1, 0.15) is 27.2 Å². The van der Waals surface area contributed by atoms with Crippen molar-refractivity contribution in [2.75, 3.05) is 18.0 Å². The van der Waals surface area contributed by atoms with E-state index in [-0.39, 0.29) is 24.0 Å². The normalized spacial score (nSPS) is 21.3. The van der Waals surface area contributed by atoms with Crippen LogP contribution in [-0.2, 0) is 4.74 Å². The highest BCUT2D eigenvalue weighted by Crippen LogP contribution is 2.36. The number of hydrogen-bond donors (Lipinski definition) is 0. The summed E-state index contributed by atoms with van der Waals surface area (Å²) in [7, 11) is 0. The fourth-order valence-corrected chi connectivity index (χ4v) is 3.98. The number of benzene rings is 1. The summed E-state index contributed by atoms with van der Waals surface area (Å²) in [6.45, 7) is 6.82. The van der Waals surface area contributed by atoms with Gasteiger partial charge >= 0.3 is 6.09 Å². The lowest BCUT2D eigenvalue weighted by atomic mass is 10.2. The first-order chi connectivity index (χ1) is 13.2. The monoisotopic (exact) mass is 404 g/mol. The summed E-state index contributed by atoms with van der Waals surface area (Å²) in [6, 6.07) is 8.05. The molecule has 1 aromatic heterocycles. The van der Waals surface area contributed by atoms with E-state index in [9.17, 15) is 9.18 Å². The average molecular weight is 405 g/mol. The molecule has 0 aliphatic carbocycles. The van der Waals surface area contributed by atoms with Crippen molar-refractivity contribution >= 4 is 23.5 Å². The smallest absolute Gasteiger partial charge is 0.410 e. The Morgan fingerprint density at radius 2 is 2.00 bits per heavy atom. The number of rotatable bonds is 2. The molecule has 0 radical (unpaired) electrons. The van der Waals surface area contributed by atoms with Gasteiger partial charge in [0, 0.05) is 24.7 Å². The molecule has 1 aromatic carbocycles. The molecule has 0 saturated carbocycles. The van der Waals surface area contributed by atoms with Crippen LogP contribution in [0.2, 0.25) is 5.15 Å². The second-order valence-electron chi connectivity index (χ2n) is 8.21. The number of anilines is 1. The number of amides is 1. The predicted molar refractivity (Wildman–Crippen MR) is 105 cm³/mol. The van der Waals surface area contributed by atoms with Gasteiger partial charge in [-0.05, 0) is 39.3 Å².